The maximum atomic E-state index is 13.5. The van der Waals surface area contributed by atoms with Gasteiger partial charge < -0.3 is 0 Å². The number of rotatable bonds is 1. The summed E-state index contributed by atoms with van der Waals surface area (Å²) in [6.45, 7) is 1.58. The molecule has 2 aromatic carbocycles. The van der Waals surface area contributed by atoms with E-state index in [-0.39, 0.29) is 21.7 Å². The van der Waals surface area contributed by atoms with Gasteiger partial charge in [0.25, 0.3) is 0 Å². The Morgan fingerprint density at radius 2 is 1.54 bits per heavy atom. The van der Waals surface area contributed by atoms with E-state index in [0.29, 0.717) is 5.56 Å². The predicted molar refractivity (Wildman–Crippen MR) is 84.3 cm³/mol. The minimum absolute atomic E-state index is 0.0915. The van der Waals surface area contributed by atoms with E-state index < -0.39 is 28.9 Å². The molecule has 1 aliphatic rings. The Balaban J connectivity index is 2.39. The fourth-order valence-corrected chi connectivity index (χ4v) is 2.95. The zero-order valence-corrected chi connectivity index (χ0v) is 13.1. The monoisotopic (exact) mass is 350 g/mol. The number of hydrogen-bond acceptors (Lipinski definition) is 2. The van der Waals surface area contributed by atoms with Crippen molar-refractivity contribution >= 4 is 28.7 Å². The molecular formula is C18H10ClF3O2. The molecule has 0 N–H and O–H groups in total. The van der Waals surface area contributed by atoms with Crippen LogP contribution in [0.15, 0.2) is 48.0 Å². The van der Waals surface area contributed by atoms with Crippen molar-refractivity contribution in [1.29, 1.82) is 0 Å². The molecular weight excluding hydrogens is 341 g/mol. The molecule has 0 amide bonds. The summed E-state index contributed by atoms with van der Waals surface area (Å²) in [6, 6.07) is 9.82. The molecule has 0 heterocycles. The van der Waals surface area contributed by atoms with Crippen molar-refractivity contribution in [3.05, 3.63) is 75.3 Å². The summed E-state index contributed by atoms with van der Waals surface area (Å²) in [7, 11) is 0. The number of ketones is 2. The van der Waals surface area contributed by atoms with Crippen LogP contribution in [0.4, 0.5) is 13.2 Å². The number of hydrogen-bond donors (Lipinski definition) is 0. The second-order valence-electron chi connectivity index (χ2n) is 5.41. The van der Waals surface area contributed by atoms with Crippen molar-refractivity contribution in [2.45, 2.75) is 13.1 Å². The van der Waals surface area contributed by atoms with Gasteiger partial charge in [-0.1, -0.05) is 35.9 Å². The van der Waals surface area contributed by atoms with Crippen LogP contribution in [0.1, 0.15) is 31.8 Å². The summed E-state index contributed by atoms with van der Waals surface area (Å²) in [4.78, 5) is 25.2. The van der Waals surface area contributed by atoms with Gasteiger partial charge in [-0.2, -0.15) is 13.2 Å². The summed E-state index contributed by atoms with van der Waals surface area (Å²) in [6.07, 6.45) is -4.94. The molecule has 1 aliphatic carbocycles. The third-order valence-corrected chi connectivity index (χ3v) is 4.11. The first-order chi connectivity index (χ1) is 11.2. The number of fused-ring (bicyclic) bond motifs is 1. The van der Waals surface area contributed by atoms with E-state index in [4.69, 9.17) is 11.6 Å². The highest BCUT2D eigenvalue weighted by atomic mass is 35.5. The minimum atomic E-state index is -4.94. The topological polar surface area (TPSA) is 34.1 Å². The van der Waals surface area contributed by atoms with Crippen molar-refractivity contribution in [3.63, 3.8) is 0 Å². The van der Waals surface area contributed by atoms with Crippen LogP contribution >= 0.6 is 11.6 Å². The van der Waals surface area contributed by atoms with Gasteiger partial charge in [0.2, 0.25) is 0 Å². The average molecular weight is 351 g/mol. The average Bonchev–Trinajstić information content (AvgIpc) is 2.50. The van der Waals surface area contributed by atoms with Gasteiger partial charge in [0.1, 0.15) is 5.57 Å². The molecule has 2 aromatic rings. The molecule has 0 aliphatic heterocycles. The van der Waals surface area contributed by atoms with Crippen LogP contribution in [0, 0.1) is 6.92 Å². The second kappa shape index (κ2) is 5.60. The Morgan fingerprint density at radius 3 is 2.17 bits per heavy atom. The quantitative estimate of drug-likeness (QED) is 0.721. The van der Waals surface area contributed by atoms with Crippen molar-refractivity contribution in [2.24, 2.45) is 0 Å². The zero-order valence-electron chi connectivity index (χ0n) is 12.4. The molecule has 0 spiro atoms. The SMILES string of the molecule is Cc1ccccc1C1=C(C(F)(F)F)C(=O)c2ccc(Cl)cc2C1=O. The first kappa shape index (κ1) is 16.5. The number of aryl methyl sites for hydroxylation is 1. The van der Waals surface area contributed by atoms with Crippen LogP contribution < -0.4 is 0 Å². The first-order valence-corrected chi connectivity index (χ1v) is 7.36. The molecule has 0 bridgehead atoms. The summed E-state index contributed by atoms with van der Waals surface area (Å²) in [5, 5.41) is 0.175. The van der Waals surface area contributed by atoms with Gasteiger partial charge in [-0.15, -0.1) is 0 Å². The normalized spacial score (nSPS) is 14.9. The number of halogens is 4. The van der Waals surface area contributed by atoms with E-state index >= 15 is 0 Å². The van der Waals surface area contributed by atoms with E-state index in [1.54, 1.807) is 19.1 Å². The van der Waals surface area contributed by atoms with Gasteiger partial charge in [-0.25, -0.2) is 0 Å². The van der Waals surface area contributed by atoms with Crippen LogP contribution in [-0.2, 0) is 0 Å². The molecule has 6 heteroatoms. The second-order valence-corrected chi connectivity index (χ2v) is 5.85. The smallest absolute Gasteiger partial charge is 0.289 e. The number of carbonyl (C=O) groups is 2. The lowest BCUT2D eigenvalue weighted by atomic mass is 9.80. The van der Waals surface area contributed by atoms with Crippen LogP contribution in [0.3, 0.4) is 0 Å². The van der Waals surface area contributed by atoms with Crippen molar-refractivity contribution in [1.82, 2.24) is 0 Å². The van der Waals surface area contributed by atoms with Gasteiger partial charge in [0.15, 0.2) is 11.6 Å². The molecule has 3 rings (SSSR count). The highest BCUT2D eigenvalue weighted by molar-refractivity contribution is 6.42. The minimum Gasteiger partial charge on any atom is -0.289 e. The van der Waals surface area contributed by atoms with E-state index in [0.717, 1.165) is 6.07 Å². The van der Waals surface area contributed by atoms with Crippen LogP contribution in [0.25, 0.3) is 5.57 Å². The highest BCUT2D eigenvalue weighted by Crippen LogP contribution is 2.41. The molecule has 0 atom stereocenters. The lowest BCUT2D eigenvalue weighted by molar-refractivity contribution is -0.0882. The molecule has 0 saturated heterocycles. The molecule has 0 radical (unpaired) electrons. The molecule has 122 valence electrons. The molecule has 24 heavy (non-hydrogen) atoms. The summed E-state index contributed by atoms with van der Waals surface area (Å²) in [5.74, 6) is -2.07. The Kier molecular flexibility index (Phi) is 3.84. The molecule has 0 fully saturated rings. The molecule has 0 aromatic heterocycles. The van der Waals surface area contributed by atoms with Crippen molar-refractivity contribution < 1.29 is 22.8 Å². The lowest BCUT2D eigenvalue weighted by Gasteiger charge is -2.23. The number of allylic oxidation sites excluding steroid dienone is 2. The third kappa shape index (κ3) is 2.55. The molecule has 0 unspecified atom stereocenters. The van der Waals surface area contributed by atoms with Crippen LogP contribution in [-0.4, -0.2) is 17.7 Å². The number of alkyl halides is 3. The van der Waals surface area contributed by atoms with E-state index in [1.165, 1.54) is 24.3 Å². The number of carbonyl (C=O) groups excluding carboxylic acids is 2. The van der Waals surface area contributed by atoms with Gasteiger partial charge in [-0.05, 0) is 36.2 Å². The molecule has 0 saturated carbocycles. The van der Waals surface area contributed by atoms with Gasteiger partial charge in [-0.3, -0.25) is 9.59 Å². The summed E-state index contributed by atoms with van der Waals surface area (Å²) < 4.78 is 40.6. The zero-order chi connectivity index (χ0) is 17.6. The number of Topliss-reactive ketones (excluding diaryl/α,β-unsaturated/α-hetero) is 2. The predicted octanol–water partition coefficient (Wildman–Crippen LogP) is 5.04. The summed E-state index contributed by atoms with van der Waals surface area (Å²) >= 11 is 5.84. The first-order valence-electron chi connectivity index (χ1n) is 6.98. The maximum absolute atomic E-state index is 13.5. The Labute approximate surface area is 140 Å². The van der Waals surface area contributed by atoms with E-state index in [1.807, 2.05) is 0 Å². The third-order valence-electron chi connectivity index (χ3n) is 3.87. The highest BCUT2D eigenvalue weighted by Gasteiger charge is 2.47. The van der Waals surface area contributed by atoms with Crippen molar-refractivity contribution in [3.8, 4) is 0 Å². The van der Waals surface area contributed by atoms with E-state index in [2.05, 4.69) is 0 Å². The Bertz CT molecular complexity index is 911. The van der Waals surface area contributed by atoms with Gasteiger partial charge >= 0.3 is 6.18 Å². The van der Waals surface area contributed by atoms with Crippen LogP contribution in [0.2, 0.25) is 5.02 Å². The lowest BCUT2D eigenvalue weighted by Crippen LogP contribution is -2.30. The largest absolute Gasteiger partial charge is 0.420 e. The fraction of sp³-hybridized carbons (Fsp3) is 0.111. The van der Waals surface area contributed by atoms with Crippen molar-refractivity contribution in [2.75, 3.05) is 0 Å². The molecule has 2 nitrogen and oxygen atoms in total. The standard InChI is InChI=1S/C18H10ClF3O2/c1-9-4-2-3-5-11(9)14-15(18(20,21)22)17(24)12-7-6-10(19)8-13(12)16(14)23/h2-8H,1H3. The van der Waals surface area contributed by atoms with Crippen LogP contribution in [0.5, 0.6) is 0 Å². The fourth-order valence-electron chi connectivity index (χ4n) is 2.78. The maximum Gasteiger partial charge on any atom is 0.420 e. The Hall–Kier alpha value is -2.40. The van der Waals surface area contributed by atoms with Gasteiger partial charge in [0, 0.05) is 21.7 Å². The summed E-state index contributed by atoms with van der Waals surface area (Å²) in [5.41, 5.74) is -1.89. The Morgan fingerprint density at radius 1 is 0.875 bits per heavy atom. The van der Waals surface area contributed by atoms with E-state index in [9.17, 15) is 22.8 Å². The number of benzene rings is 2. The van der Waals surface area contributed by atoms with Gasteiger partial charge in [0.05, 0.1) is 0 Å².